The highest BCUT2D eigenvalue weighted by Gasteiger charge is 2.37. The van der Waals surface area contributed by atoms with Gasteiger partial charge in [0.05, 0.1) is 12.7 Å². The standard InChI is InChI=1S/C10H12N2O3/c13-10(14)8-4-3-6-11(8)9-5-1-2-7-12(9)15/h1-2,5,7-8H,3-4,6H2,(H,13,14)/t8-/m0/s1. The number of hydrogen-bond donors (Lipinski definition) is 1. The minimum atomic E-state index is -0.864. The second-order valence-corrected chi connectivity index (χ2v) is 3.57. The number of pyridine rings is 1. The summed E-state index contributed by atoms with van der Waals surface area (Å²) >= 11 is 0. The lowest BCUT2D eigenvalue weighted by atomic mass is 10.2. The van der Waals surface area contributed by atoms with Crippen LogP contribution in [0.25, 0.3) is 0 Å². The second kappa shape index (κ2) is 3.76. The Balaban J connectivity index is 2.30. The van der Waals surface area contributed by atoms with Crippen LogP contribution in [0.2, 0.25) is 0 Å². The first-order valence-electron chi connectivity index (χ1n) is 4.88. The molecule has 5 heteroatoms. The van der Waals surface area contributed by atoms with Gasteiger partial charge in [-0.1, -0.05) is 6.07 Å². The van der Waals surface area contributed by atoms with Gasteiger partial charge in [-0.15, -0.1) is 0 Å². The van der Waals surface area contributed by atoms with Crippen LogP contribution < -0.4 is 9.63 Å². The van der Waals surface area contributed by atoms with Crippen molar-refractivity contribution in [2.24, 2.45) is 0 Å². The van der Waals surface area contributed by atoms with Crippen molar-refractivity contribution in [2.45, 2.75) is 18.9 Å². The van der Waals surface area contributed by atoms with Gasteiger partial charge in [0, 0.05) is 12.5 Å². The second-order valence-electron chi connectivity index (χ2n) is 3.57. The quantitative estimate of drug-likeness (QED) is 0.563. The van der Waals surface area contributed by atoms with Crippen LogP contribution in [0.4, 0.5) is 5.82 Å². The van der Waals surface area contributed by atoms with Crippen LogP contribution in [-0.2, 0) is 4.79 Å². The third kappa shape index (κ3) is 1.72. The van der Waals surface area contributed by atoms with E-state index in [0.29, 0.717) is 23.5 Å². The minimum Gasteiger partial charge on any atom is -0.711 e. The number of aromatic nitrogens is 1. The largest absolute Gasteiger partial charge is 0.711 e. The first kappa shape index (κ1) is 9.76. The Labute approximate surface area is 87.1 Å². The lowest BCUT2D eigenvalue weighted by Crippen LogP contribution is -2.43. The van der Waals surface area contributed by atoms with Crippen LogP contribution in [-0.4, -0.2) is 23.7 Å². The molecule has 1 atom stereocenters. The van der Waals surface area contributed by atoms with Crippen molar-refractivity contribution in [3.8, 4) is 0 Å². The number of carboxylic acid groups (broad SMARTS) is 1. The Morgan fingerprint density at radius 2 is 2.40 bits per heavy atom. The summed E-state index contributed by atoms with van der Waals surface area (Å²) in [4.78, 5) is 12.6. The molecule has 1 aromatic rings. The highest BCUT2D eigenvalue weighted by atomic mass is 16.5. The molecule has 0 aromatic carbocycles. The van der Waals surface area contributed by atoms with Crippen LogP contribution >= 0.6 is 0 Å². The van der Waals surface area contributed by atoms with Gasteiger partial charge >= 0.3 is 5.97 Å². The summed E-state index contributed by atoms with van der Waals surface area (Å²) < 4.78 is 0.710. The van der Waals surface area contributed by atoms with Crippen molar-refractivity contribution in [3.63, 3.8) is 0 Å². The highest BCUT2D eigenvalue weighted by Crippen LogP contribution is 2.22. The maximum absolute atomic E-state index is 11.5. The van der Waals surface area contributed by atoms with Gasteiger partial charge in [-0.05, 0) is 12.5 Å². The first-order valence-corrected chi connectivity index (χ1v) is 4.88. The molecule has 1 fully saturated rings. The van der Waals surface area contributed by atoms with E-state index in [1.54, 1.807) is 23.1 Å². The highest BCUT2D eigenvalue weighted by molar-refractivity contribution is 5.78. The monoisotopic (exact) mass is 208 g/mol. The summed E-state index contributed by atoms with van der Waals surface area (Å²) in [6.07, 6.45) is 2.79. The molecule has 0 spiro atoms. The van der Waals surface area contributed by atoms with Crippen molar-refractivity contribution < 1.29 is 14.6 Å². The first-order chi connectivity index (χ1) is 7.20. The van der Waals surface area contributed by atoms with Crippen LogP contribution in [0.5, 0.6) is 0 Å². The van der Waals surface area contributed by atoms with E-state index in [1.165, 1.54) is 6.20 Å². The van der Waals surface area contributed by atoms with Crippen molar-refractivity contribution in [2.75, 3.05) is 11.4 Å². The number of nitrogens with zero attached hydrogens (tertiary/aromatic N) is 2. The molecule has 0 radical (unpaired) electrons. The average Bonchev–Trinajstić information content (AvgIpc) is 2.67. The van der Waals surface area contributed by atoms with Crippen LogP contribution in [0.1, 0.15) is 12.8 Å². The third-order valence-corrected chi connectivity index (χ3v) is 2.64. The molecule has 0 unspecified atom stereocenters. The van der Waals surface area contributed by atoms with Gasteiger partial charge in [-0.2, -0.15) is 0 Å². The summed E-state index contributed by atoms with van der Waals surface area (Å²) in [7, 11) is 0. The molecule has 80 valence electrons. The average molecular weight is 208 g/mol. The lowest BCUT2D eigenvalue weighted by molar-refractivity contribution is -0.592. The fourth-order valence-electron chi connectivity index (χ4n) is 1.94. The molecule has 1 aliphatic rings. The fraction of sp³-hybridized carbons (Fsp3) is 0.400. The molecule has 15 heavy (non-hydrogen) atoms. The number of aliphatic carboxylic acids is 1. The van der Waals surface area contributed by atoms with Gasteiger partial charge in [0.2, 0.25) is 0 Å². The van der Waals surface area contributed by atoms with Crippen LogP contribution in [0.15, 0.2) is 24.4 Å². The van der Waals surface area contributed by atoms with E-state index in [9.17, 15) is 10.0 Å². The predicted octanol–water partition coefficient (Wildman–Crippen LogP) is 0.373. The third-order valence-electron chi connectivity index (χ3n) is 2.64. The topological polar surface area (TPSA) is 67.5 Å². The number of carbonyl (C=O) groups is 1. The number of rotatable bonds is 2. The fourth-order valence-corrected chi connectivity index (χ4v) is 1.94. The molecule has 1 aromatic heterocycles. The SMILES string of the molecule is O=C(O)[C@@H]1CCCN1c1cccc[n+]1[O-]. The summed E-state index contributed by atoms with van der Waals surface area (Å²) in [5.41, 5.74) is 0. The van der Waals surface area contributed by atoms with E-state index in [2.05, 4.69) is 0 Å². The Morgan fingerprint density at radius 3 is 3.07 bits per heavy atom. The van der Waals surface area contributed by atoms with Crippen LogP contribution in [0, 0.1) is 5.21 Å². The summed E-state index contributed by atoms with van der Waals surface area (Å²) in [6.45, 7) is 0.628. The molecule has 0 amide bonds. The molecule has 0 aliphatic carbocycles. The Hall–Kier alpha value is -1.78. The van der Waals surface area contributed by atoms with E-state index in [1.807, 2.05) is 0 Å². The normalized spacial score (nSPS) is 20.5. The minimum absolute atomic E-state index is 0.419. The van der Waals surface area contributed by atoms with Gasteiger partial charge < -0.3 is 10.3 Å². The molecule has 2 rings (SSSR count). The molecule has 5 nitrogen and oxygen atoms in total. The summed E-state index contributed by atoms with van der Waals surface area (Å²) in [5, 5.41) is 20.4. The predicted molar refractivity (Wildman–Crippen MR) is 53.4 cm³/mol. The molecule has 0 saturated carbocycles. The smallest absolute Gasteiger partial charge is 0.348 e. The van der Waals surface area contributed by atoms with E-state index in [0.717, 1.165) is 6.42 Å². The van der Waals surface area contributed by atoms with Crippen molar-refractivity contribution in [3.05, 3.63) is 29.6 Å². The maximum atomic E-state index is 11.5. The molecule has 1 N–H and O–H groups in total. The lowest BCUT2D eigenvalue weighted by Gasteiger charge is -2.19. The Bertz CT molecular complexity index is 381. The van der Waals surface area contributed by atoms with Crippen molar-refractivity contribution in [1.82, 2.24) is 0 Å². The summed E-state index contributed by atoms with van der Waals surface area (Å²) in [5.74, 6) is -0.446. The van der Waals surface area contributed by atoms with E-state index >= 15 is 0 Å². The molecular weight excluding hydrogens is 196 g/mol. The van der Waals surface area contributed by atoms with Gasteiger partial charge in [-0.3, -0.25) is 0 Å². The zero-order valence-corrected chi connectivity index (χ0v) is 8.17. The summed E-state index contributed by atoms with van der Waals surface area (Å²) in [6, 6.07) is 4.45. The number of carboxylic acids is 1. The number of hydrogen-bond acceptors (Lipinski definition) is 3. The molecular formula is C10H12N2O3. The molecule has 2 heterocycles. The molecule has 0 bridgehead atoms. The zero-order chi connectivity index (χ0) is 10.8. The maximum Gasteiger partial charge on any atom is 0.348 e. The van der Waals surface area contributed by atoms with Gasteiger partial charge in [0.15, 0.2) is 6.04 Å². The van der Waals surface area contributed by atoms with Crippen LogP contribution in [0.3, 0.4) is 0 Å². The van der Waals surface area contributed by atoms with E-state index in [4.69, 9.17) is 5.11 Å². The van der Waals surface area contributed by atoms with E-state index in [-0.39, 0.29) is 0 Å². The Morgan fingerprint density at radius 1 is 1.60 bits per heavy atom. The van der Waals surface area contributed by atoms with Crippen molar-refractivity contribution in [1.29, 1.82) is 0 Å². The Kier molecular flexibility index (Phi) is 2.45. The zero-order valence-electron chi connectivity index (χ0n) is 8.17. The van der Waals surface area contributed by atoms with Gasteiger partial charge in [-0.25, -0.2) is 14.4 Å². The van der Waals surface area contributed by atoms with E-state index < -0.39 is 12.0 Å². The number of anilines is 1. The van der Waals surface area contributed by atoms with Gasteiger partial charge in [0.1, 0.15) is 0 Å². The molecule has 1 aliphatic heterocycles. The van der Waals surface area contributed by atoms with Crippen molar-refractivity contribution >= 4 is 11.8 Å². The molecule has 1 saturated heterocycles. The van der Waals surface area contributed by atoms with Gasteiger partial charge in [0.25, 0.3) is 5.82 Å².